The molecule has 0 amide bonds. The van der Waals surface area contributed by atoms with E-state index < -0.39 is 17.5 Å². The van der Waals surface area contributed by atoms with Gasteiger partial charge in [-0.25, -0.2) is 13.2 Å². The van der Waals surface area contributed by atoms with Gasteiger partial charge in [0.1, 0.15) is 5.82 Å². The molecule has 0 saturated carbocycles. The maximum atomic E-state index is 12.6. The molecule has 0 heterocycles. The summed E-state index contributed by atoms with van der Waals surface area (Å²) < 4.78 is 37.3. The lowest BCUT2D eigenvalue weighted by Gasteiger charge is -2.10. The topological polar surface area (TPSA) is 12.0 Å². The average molecular weight is 416 g/mol. The van der Waals surface area contributed by atoms with Crippen LogP contribution in [0.15, 0.2) is 49.2 Å². The van der Waals surface area contributed by atoms with Crippen LogP contribution in [0.2, 0.25) is 0 Å². The Kier molecular flexibility index (Phi) is 12.7. The highest BCUT2D eigenvalue weighted by Gasteiger charge is 2.07. The number of halogens is 3. The monoisotopic (exact) mass is 415 g/mol. The van der Waals surface area contributed by atoms with Crippen molar-refractivity contribution < 1.29 is 13.2 Å². The van der Waals surface area contributed by atoms with E-state index in [-0.39, 0.29) is 5.56 Å². The lowest BCUT2D eigenvalue weighted by molar-refractivity contribution is 0.490. The molecule has 4 heteroatoms. The van der Waals surface area contributed by atoms with Crippen molar-refractivity contribution in [3.63, 3.8) is 0 Å². The van der Waals surface area contributed by atoms with Crippen LogP contribution in [0.3, 0.4) is 0 Å². The molecule has 0 aliphatic rings. The van der Waals surface area contributed by atoms with Gasteiger partial charge in [0.05, 0.1) is 5.70 Å². The lowest BCUT2D eigenvalue weighted by atomic mass is 9.97. The van der Waals surface area contributed by atoms with Crippen LogP contribution in [0.5, 0.6) is 0 Å². The highest BCUT2D eigenvalue weighted by molar-refractivity contribution is 5.70. The molecule has 0 fully saturated rings. The summed E-state index contributed by atoms with van der Waals surface area (Å²) in [5, 5.41) is 3.05. The van der Waals surface area contributed by atoms with Gasteiger partial charge in [0.2, 0.25) is 0 Å². The van der Waals surface area contributed by atoms with Crippen LogP contribution in [0.25, 0.3) is 5.57 Å². The van der Waals surface area contributed by atoms with Crippen LogP contribution in [0.4, 0.5) is 13.2 Å². The molecule has 0 unspecified atom stereocenters. The summed E-state index contributed by atoms with van der Waals surface area (Å²) in [7, 11) is 1.86. The molecule has 0 bridgehead atoms. The van der Waals surface area contributed by atoms with E-state index in [0.717, 1.165) is 23.8 Å². The Morgan fingerprint density at radius 3 is 2.07 bits per heavy atom. The molecule has 0 saturated heterocycles. The Balaban J connectivity index is 0.000000557. The van der Waals surface area contributed by atoms with Gasteiger partial charge in [-0.05, 0) is 60.6 Å². The fourth-order valence-corrected chi connectivity index (χ4v) is 2.83. The van der Waals surface area contributed by atoms with Crippen molar-refractivity contribution in [3.05, 3.63) is 88.9 Å². The van der Waals surface area contributed by atoms with Gasteiger partial charge in [0.25, 0.3) is 0 Å². The molecular formula is C26H32F3N. The predicted octanol–water partition coefficient (Wildman–Crippen LogP) is 7.00. The van der Waals surface area contributed by atoms with Gasteiger partial charge in [-0.1, -0.05) is 44.4 Å². The number of aryl methyl sites for hydroxylation is 3. The fourth-order valence-electron chi connectivity index (χ4n) is 2.83. The molecule has 0 radical (unpaired) electrons. The van der Waals surface area contributed by atoms with Gasteiger partial charge in [0.15, 0.2) is 11.6 Å². The van der Waals surface area contributed by atoms with Crippen LogP contribution in [0, 0.1) is 36.7 Å². The van der Waals surface area contributed by atoms with Crippen molar-refractivity contribution in [1.29, 1.82) is 0 Å². The van der Waals surface area contributed by atoms with Gasteiger partial charge in [-0.3, -0.25) is 0 Å². The summed E-state index contributed by atoms with van der Waals surface area (Å²) >= 11 is 0. The second-order valence-corrected chi connectivity index (χ2v) is 6.50. The van der Waals surface area contributed by atoms with E-state index >= 15 is 0 Å². The molecule has 162 valence electrons. The molecule has 30 heavy (non-hydrogen) atoms. The maximum absolute atomic E-state index is 12.6. The molecule has 0 atom stereocenters. The van der Waals surface area contributed by atoms with Crippen LogP contribution in [0.1, 0.15) is 49.4 Å². The number of benzene rings is 2. The molecule has 2 rings (SSSR count). The minimum atomic E-state index is -1.14. The highest BCUT2D eigenvalue weighted by atomic mass is 19.2. The minimum absolute atomic E-state index is 0.198. The standard InChI is InChI=1S/C16H21N.C8H7F3.C2H4/c1-6-8-14-9-10-15(11-12(14)3)13(4)16(7-2)17-5;1-2-5-3-7(10)8(11)4-6(5)9;1-2/h2,9-11,17H,6,8H2,1,3-5H3;3-4H,2H2,1H3;1-2H2/b16-13+;;. The van der Waals surface area contributed by atoms with Crippen molar-refractivity contribution >= 4 is 5.57 Å². The first kappa shape index (κ1) is 27.1. The number of hydrogen-bond acceptors (Lipinski definition) is 1. The molecule has 0 aliphatic heterocycles. The van der Waals surface area contributed by atoms with E-state index in [1.807, 2.05) is 7.05 Å². The zero-order valence-electron chi connectivity index (χ0n) is 18.6. The summed E-state index contributed by atoms with van der Waals surface area (Å²) in [5.41, 5.74) is 6.15. The number of rotatable bonds is 5. The van der Waals surface area contributed by atoms with Crippen molar-refractivity contribution in [2.45, 2.75) is 47.0 Å². The zero-order valence-corrected chi connectivity index (χ0v) is 18.6. The van der Waals surface area contributed by atoms with Gasteiger partial charge >= 0.3 is 0 Å². The summed E-state index contributed by atoms with van der Waals surface area (Å²) in [6.07, 6.45) is 8.15. The van der Waals surface area contributed by atoms with Crippen molar-refractivity contribution in [3.8, 4) is 12.3 Å². The molecule has 2 aromatic rings. The van der Waals surface area contributed by atoms with Gasteiger partial charge in [-0.15, -0.1) is 19.6 Å². The molecule has 0 aliphatic carbocycles. The van der Waals surface area contributed by atoms with E-state index in [2.05, 4.69) is 63.4 Å². The first-order chi connectivity index (χ1) is 14.3. The Morgan fingerprint density at radius 1 is 1.00 bits per heavy atom. The second-order valence-electron chi connectivity index (χ2n) is 6.50. The lowest BCUT2D eigenvalue weighted by Crippen LogP contribution is -2.06. The molecule has 0 spiro atoms. The van der Waals surface area contributed by atoms with Gasteiger partial charge < -0.3 is 5.32 Å². The van der Waals surface area contributed by atoms with Crippen LogP contribution < -0.4 is 5.32 Å². The Morgan fingerprint density at radius 2 is 1.60 bits per heavy atom. The third kappa shape index (κ3) is 7.83. The third-order valence-electron chi connectivity index (χ3n) is 4.53. The minimum Gasteiger partial charge on any atom is -0.381 e. The van der Waals surface area contributed by atoms with Crippen LogP contribution >= 0.6 is 0 Å². The van der Waals surface area contributed by atoms with E-state index in [1.165, 1.54) is 23.1 Å². The Labute approximate surface area is 179 Å². The fraction of sp³-hybridized carbons (Fsp3) is 0.308. The summed E-state index contributed by atoms with van der Waals surface area (Å²) in [4.78, 5) is 0. The Hall–Kier alpha value is -2.93. The molecule has 0 aromatic heterocycles. The second kappa shape index (κ2) is 14.1. The van der Waals surface area contributed by atoms with Crippen molar-refractivity contribution in [2.75, 3.05) is 7.05 Å². The third-order valence-corrected chi connectivity index (χ3v) is 4.53. The number of nitrogens with one attached hydrogen (secondary N) is 1. The normalized spacial score (nSPS) is 10.5. The maximum Gasteiger partial charge on any atom is 0.161 e. The largest absolute Gasteiger partial charge is 0.381 e. The summed E-state index contributed by atoms with van der Waals surface area (Å²) in [5.74, 6) is -0.147. The van der Waals surface area contributed by atoms with E-state index in [4.69, 9.17) is 6.42 Å². The number of allylic oxidation sites excluding steroid dienone is 2. The predicted molar refractivity (Wildman–Crippen MR) is 123 cm³/mol. The average Bonchev–Trinajstić information content (AvgIpc) is 2.75. The van der Waals surface area contributed by atoms with Crippen LogP contribution in [-0.2, 0) is 12.8 Å². The van der Waals surface area contributed by atoms with Crippen LogP contribution in [-0.4, -0.2) is 7.05 Å². The summed E-state index contributed by atoms with van der Waals surface area (Å²) in [6, 6.07) is 8.03. The van der Waals surface area contributed by atoms with Crippen molar-refractivity contribution in [2.24, 2.45) is 0 Å². The Bertz CT molecular complexity index is 892. The van der Waals surface area contributed by atoms with Crippen molar-refractivity contribution in [1.82, 2.24) is 5.32 Å². The highest BCUT2D eigenvalue weighted by Crippen LogP contribution is 2.21. The van der Waals surface area contributed by atoms with E-state index in [1.54, 1.807) is 6.92 Å². The number of hydrogen-bond donors (Lipinski definition) is 1. The zero-order chi connectivity index (χ0) is 23.3. The molecular weight excluding hydrogens is 383 g/mol. The smallest absolute Gasteiger partial charge is 0.161 e. The van der Waals surface area contributed by atoms with Gasteiger partial charge in [0, 0.05) is 13.1 Å². The number of terminal acetylenes is 1. The molecule has 1 nitrogen and oxygen atoms in total. The summed E-state index contributed by atoms with van der Waals surface area (Å²) in [6.45, 7) is 14.1. The van der Waals surface area contributed by atoms with Gasteiger partial charge in [-0.2, -0.15) is 0 Å². The molecule has 2 aromatic carbocycles. The van der Waals surface area contributed by atoms with E-state index in [9.17, 15) is 13.2 Å². The molecule has 1 N–H and O–H groups in total. The SMILES string of the molecule is C#C/C(NC)=C(/C)c1ccc(CCC)c(C)c1.C=C.CCc1cc(F)c(F)cc1F. The van der Waals surface area contributed by atoms with E-state index in [0.29, 0.717) is 12.5 Å². The first-order valence-electron chi connectivity index (χ1n) is 9.87. The quantitative estimate of drug-likeness (QED) is 0.315. The first-order valence-corrected chi connectivity index (χ1v) is 9.87.